The number of hydrogen-bond acceptors (Lipinski definition) is 3. The van der Waals surface area contributed by atoms with Gasteiger partial charge in [-0.2, -0.15) is 0 Å². The highest BCUT2D eigenvalue weighted by molar-refractivity contribution is 5.98. The highest BCUT2D eigenvalue weighted by atomic mass is 16.5. The van der Waals surface area contributed by atoms with Gasteiger partial charge in [0.1, 0.15) is 5.75 Å². The third-order valence-corrected chi connectivity index (χ3v) is 5.03. The van der Waals surface area contributed by atoms with Crippen LogP contribution in [-0.4, -0.2) is 42.5 Å². The number of hydrogen-bond donors (Lipinski definition) is 0. The van der Waals surface area contributed by atoms with Crippen molar-refractivity contribution in [3.05, 3.63) is 24.3 Å². The van der Waals surface area contributed by atoms with Crippen molar-refractivity contribution in [1.82, 2.24) is 4.90 Å². The van der Waals surface area contributed by atoms with Crippen molar-refractivity contribution in [3.8, 4) is 5.75 Å². The largest absolute Gasteiger partial charge is 0.482 e. The molecule has 0 saturated heterocycles. The second-order valence-corrected chi connectivity index (χ2v) is 6.52. The van der Waals surface area contributed by atoms with Crippen molar-refractivity contribution in [2.24, 2.45) is 0 Å². The summed E-state index contributed by atoms with van der Waals surface area (Å²) >= 11 is 0. The molecule has 5 heteroatoms. The number of nitrogens with zero attached hydrogens (tertiary/aromatic N) is 2. The van der Waals surface area contributed by atoms with Gasteiger partial charge in [-0.3, -0.25) is 9.59 Å². The van der Waals surface area contributed by atoms with Gasteiger partial charge in [-0.05, 0) is 31.9 Å². The van der Waals surface area contributed by atoms with Crippen molar-refractivity contribution in [2.45, 2.75) is 51.5 Å². The van der Waals surface area contributed by atoms with Crippen LogP contribution in [0.2, 0.25) is 0 Å². The Balaban J connectivity index is 1.64. The van der Waals surface area contributed by atoms with E-state index in [9.17, 15) is 9.59 Å². The van der Waals surface area contributed by atoms with Crippen LogP contribution in [0.25, 0.3) is 0 Å². The standard InChI is InChI=1S/C19H26N2O3/c1-2-20(15-8-4-3-5-9-15)18(22)12-13-21-16-10-6-7-11-17(16)24-14-19(21)23/h6-7,10-11,15H,2-5,8-9,12-14H2,1H3. The molecule has 1 saturated carbocycles. The molecule has 3 rings (SSSR count). The Morgan fingerprint density at radius 2 is 2.00 bits per heavy atom. The molecule has 1 fully saturated rings. The predicted molar refractivity (Wildman–Crippen MR) is 93.2 cm³/mol. The fraction of sp³-hybridized carbons (Fsp3) is 0.579. The topological polar surface area (TPSA) is 49.9 Å². The number of anilines is 1. The average molecular weight is 330 g/mol. The molecule has 1 heterocycles. The maximum atomic E-state index is 12.7. The summed E-state index contributed by atoms with van der Waals surface area (Å²) in [4.78, 5) is 28.6. The van der Waals surface area contributed by atoms with Crippen LogP contribution in [0.4, 0.5) is 5.69 Å². The Bertz CT molecular complexity index is 596. The van der Waals surface area contributed by atoms with Crippen molar-refractivity contribution >= 4 is 17.5 Å². The van der Waals surface area contributed by atoms with E-state index in [0.29, 0.717) is 24.8 Å². The Kier molecular flexibility index (Phi) is 5.38. The molecule has 0 atom stereocenters. The maximum Gasteiger partial charge on any atom is 0.265 e. The van der Waals surface area contributed by atoms with Crippen LogP contribution in [0.3, 0.4) is 0 Å². The van der Waals surface area contributed by atoms with Gasteiger partial charge in [0.25, 0.3) is 5.91 Å². The number of rotatable bonds is 5. The molecule has 0 N–H and O–H groups in total. The zero-order chi connectivity index (χ0) is 16.9. The van der Waals surface area contributed by atoms with Gasteiger partial charge < -0.3 is 14.5 Å². The molecule has 0 unspecified atom stereocenters. The Labute approximate surface area is 143 Å². The van der Waals surface area contributed by atoms with Gasteiger partial charge in [-0.25, -0.2) is 0 Å². The number of ether oxygens (including phenoxy) is 1. The van der Waals surface area contributed by atoms with Crippen molar-refractivity contribution in [1.29, 1.82) is 0 Å². The summed E-state index contributed by atoms with van der Waals surface area (Å²) in [5.74, 6) is 0.785. The second-order valence-electron chi connectivity index (χ2n) is 6.52. The van der Waals surface area contributed by atoms with Crippen LogP contribution < -0.4 is 9.64 Å². The van der Waals surface area contributed by atoms with Crippen molar-refractivity contribution in [3.63, 3.8) is 0 Å². The van der Waals surface area contributed by atoms with Gasteiger partial charge >= 0.3 is 0 Å². The zero-order valence-electron chi connectivity index (χ0n) is 14.4. The van der Waals surface area contributed by atoms with Crippen LogP contribution in [0.5, 0.6) is 5.75 Å². The molecule has 130 valence electrons. The lowest BCUT2D eigenvalue weighted by molar-refractivity contribution is -0.133. The van der Waals surface area contributed by atoms with E-state index < -0.39 is 0 Å². The number of fused-ring (bicyclic) bond motifs is 1. The molecule has 1 aromatic carbocycles. The number of carbonyl (C=O) groups is 2. The van der Waals surface area contributed by atoms with Crippen LogP contribution in [-0.2, 0) is 9.59 Å². The van der Waals surface area contributed by atoms with Gasteiger partial charge in [0.15, 0.2) is 6.61 Å². The molecule has 2 aliphatic rings. The fourth-order valence-electron chi connectivity index (χ4n) is 3.78. The summed E-state index contributed by atoms with van der Waals surface area (Å²) in [6.07, 6.45) is 6.29. The van der Waals surface area contributed by atoms with Gasteiger partial charge in [0.2, 0.25) is 5.91 Å². The first-order chi connectivity index (χ1) is 11.7. The highest BCUT2D eigenvalue weighted by Crippen LogP contribution is 2.31. The van der Waals surface area contributed by atoms with Crippen molar-refractivity contribution in [2.75, 3.05) is 24.6 Å². The van der Waals surface area contributed by atoms with E-state index in [4.69, 9.17) is 4.74 Å². The summed E-state index contributed by atoms with van der Waals surface area (Å²) in [7, 11) is 0. The molecule has 0 radical (unpaired) electrons. The molecule has 24 heavy (non-hydrogen) atoms. The Hall–Kier alpha value is -2.04. The molecule has 0 bridgehead atoms. The highest BCUT2D eigenvalue weighted by Gasteiger charge is 2.28. The van der Waals surface area contributed by atoms with Crippen LogP contribution >= 0.6 is 0 Å². The summed E-state index contributed by atoms with van der Waals surface area (Å²) in [5.41, 5.74) is 0.766. The first-order valence-electron chi connectivity index (χ1n) is 9.02. The quantitative estimate of drug-likeness (QED) is 0.834. The predicted octanol–water partition coefficient (Wildman–Crippen LogP) is 2.98. The Morgan fingerprint density at radius 1 is 1.25 bits per heavy atom. The minimum atomic E-state index is -0.0813. The van der Waals surface area contributed by atoms with E-state index in [1.54, 1.807) is 4.90 Å². The number of carbonyl (C=O) groups excluding carboxylic acids is 2. The molecule has 1 aromatic rings. The van der Waals surface area contributed by atoms with E-state index in [-0.39, 0.29) is 18.4 Å². The second kappa shape index (κ2) is 7.69. The lowest BCUT2D eigenvalue weighted by Crippen LogP contribution is -2.44. The number of benzene rings is 1. The van der Waals surface area contributed by atoms with E-state index >= 15 is 0 Å². The average Bonchev–Trinajstić information content (AvgIpc) is 2.62. The number of para-hydroxylation sites is 2. The Morgan fingerprint density at radius 3 is 2.75 bits per heavy atom. The summed E-state index contributed by atoms with van der Waals surface area (Å²) in [6.45, 7) is 3.26. The van der Waals surface area contributed by atoms with Gasteiger partial charge in [-0.15, -0.1) is 0 Å². The zero-order valence-corrected chi connectivity index (χ0v) is 14.4. The van der Waals surface area contributed by atoms with Crippen molar-refractivity contribution < 1.29 is 14.3 Å². The molecule has 5 nitrogen and oxygen atoms in total. The molecule has 2 amide bonds. The molecule has 1 aliphatic heterocycles. The van der Waals surface area contributed by atoms with E-state index in [1.807, 2.05) is 36.1 Å². The molecular weight excluding hydrogens is 304 g/mol. The monoisotopic (exact) mass is 330 g/mol. The molecule has 0 spiro atoms. The normalized spacial score (nSPS) is 18.0. The van der Waals surface area contributed by atoms with Gasteiger partial charge in [0.05, 0.1) is 5.69 Å². The maximum absolute atomic E-state index is 12.7. The molecule has 0 aromatic heterocycles. The van der Waals surface area contributed by atoms with Crippen LogP contribution in [0, 0.1) is 0 Å². The van der Waals surface area contributed by atoms with E-state index in [2.05, 4.69) is 0 Å². The minimum Gasteiger partial charge on any atom is -0.482 e. The third-order valence-electron chi connectivity index (χ3n) is 5.03. The lowest BCUT2D eigenvalue weighted by Gasteiger charge is -2.35. The molecular formula is C19H26N2O3. The first-order valence-corrected chi connectivity index (χ1v) is 9.02. The summed E-state index contributed by atoms with van der Waals surface area (Å²) < 4.78 is 5.45. The van der Waals surface area contributed by atoms with Crippen LogP contribution in [0.15, 0.2) is 24.3 Å². The SMILES string of the molecule is CCN(C(=O)CCN1C(=O)COc2ccccc21)C1CCCCC1. The third kappa shape index (κ3) is 3.55. The van der Waals surface area contributed by atoms with Crippen LogP contribution in [0.1, 0.15) is 45.4 Å². The minimum absolute atomic E-state index is 0.0469. The molecule has 1 aliphatic carbocycles. The van der Waals surface area contributed by atoms with Gasteiger partial charge in [-0.1, -0.05) is 31.4 Å². The van der Waals surface area contributed by atoms with Gasteiger partial charge in [0, 0.05) is 25.6 Å². The lowest BCUT2D eigenvalue weighted by atomic mass is 9.94. The summed E-state index contributed by atoms with van der Waals surface area (Å²) in [6, 6.07) is 7.88. The fourth-order valence-corrected chi connectivity index (χ4v) is 3.78. The summed E-state index contributed by atoms with van der Waals surface area (Å²) in [5, 5.41) is 0. The van der Waals surface area contributed by atoms with E-state index in [0.717, 1.165) is 25.1 Å². The number of amides is 2. The van der Waals surface area contributed by atoms with E-state index in [1.165, 1.54) is 19.3 Å². The smallest absolute Gasteiger partial charge is 0.265 e. The first kappa shape index (κ1) is 16.8.